The standard InChI is InChI=1S/C19H25NO3/c1-2-18(23)20(15-3-4-16(21)17(22)8-15)19-9-12-5-13(10-19)7-14(6-12)11-19/h3-4,8,12-14,21-22H,2,5-7,9-11H2,1H3. The molecule has 5 rings (SSSR count). The molecule has 4 saturated carbocycles. The van der Waals surface area contributed by atoms with Gasteiger partial charge in [-0.2, -0.15) is 0 Å². The zero-order chi connectivity index (χ0) is 16.2. The first-order valence-corrected chi connectivity index (χ1v) is 8.86. The molecule has 1 aromatic rings. The fraction of sp³-hybridized carbons (Fsp3) is 0.632. The Bertz CT molecular complexity index is 604. The summed E-state index contributed by atoms with van der Waals surface area (Å²) in [5.74, 6) is 2.08. The fourth-order valence-electron chi connectivity index (χ4n) is 5.83. The SMILES string of the molecule is CCC(=O)N(c1ccc(O)c(O)c1)C12CC3CC(CC(C3)C1)C2. The van der Waals surface area contributed by atoms with Gasteiger partial charge in [0, 0.05) is 23.7 Å². The Morgan fingerprint density at radius 1 is 1.09 bits per heavy atom. The van der Waals surface area contributed by atoms with Gasteiger partial charge in [-0.05, 0) is 68.4 Å². The lowest BCUT2D eigenvalue weighted by Crippen LogP contribution is -2.62. The lowest BCUT2D eigenvalue weighted by Gasteiger charge is -2.60. The second-order valence-corrected chi connectivity index (χ2v) is 7.90. The molecule has 4 aliphatic rings. The van der Waals surface area contributed by atoms with Crippen LogP contribution in [0.3, 0.4) is 0 Å². The van der Waals surface area contributed by atoms with Crippen molar-refractivity contribution < 1.29 is 15.0 Å². The number of phenols is 2. The number of nitrogens with zero attached hydrogens (tertiary/aromatic N) is 1. The summed E-state index contributed by atoms with van der Waals surface area (Å²) in [7, 11) is 0. The molecule has 0 aromatic heterocycles. The first kappa shape index (κ1) is 14.9. The van der Waals surface area contributed by atoms with Crippen LogP contribution in [0.5, 0.6) is 11.5 Å². The van der Waals surface area contributed by atoms with Gasteiger partial charge in [0.05, 0.1) is 0 Å². The highest BCUT2D eigenvalue weighted by molar-refractivity contribution is 5.95. The van der Waals surface area contributed by atoms with Crippen LogP contribution in [0.4, 0.5) is 5.69 Å². The van der Waals surface area contributed by atoms with Crippen molar-refractivity contribution in [1.29, 1.82) is 0 Å². The zero-order valence-corrected chi connectivity index (χ0v) is 13.7. The minimum absolute atomic E-state index is 0.0781. The van der Waals surface area contributed by atoms with Crippen molar-refractivity contribution in [3.05, 3.63) is 18.2 Å². The molecule has 4 heteroatoms. The molecule has 0 unspecified atom stereocenters. The number of hydrogen-bond acceptors (Lipinski definition) is 3. The maximum atomic E-state index is 12.8. The molecule has 0 aliphatic heterocycles. The summed E-state index contributed by atoms with van der Waals surface area (Å²) in [6.07, 6.45) is 7.71. The van der Waals surface area contributed by atoms with E-state index in [1.807, 2.05) is 11.8 Å². The Labute approximate surface area is 137 Å². The van der Waals surface area contributed by atoms with Crippen LogP contribution >= 0.6 is 0 Å². The van der Waals surface area contributed by atoms with Crippen molar-refractivity contribution in [2.75, 3.05) is 4.90 Å². The molecule has 4 bridgehead atoms. The van der Waals surface area contributed by atoms with Crippen LogP contribution < -0.4 is 4.90 Å². The summed E-state index contributed by atoms with van der Waals surface area (Å²) in [6.45, 7) is 1.90. The highest BCUT2D eigenvalue weighted by atomic mass is 16.3. The predicted octanol–water partition coefficient (Wildman–Crippen LogP) is 3.81. The molecule has 0 heterocycles. The Hall–Kier alpha value is -1.71. The van der Waals surface area contributed by atoms with Gasteiger partial charge in [-0.15, -0.1) is 0 Å². The minimum Gasteiger partial charge on any atom is -0.504 e. The van der Waals surface area contributed by atoms with Crippen molar-refractivity contribution in [3.63, 3.8) is 0 Å². The van der Waals surface area contributed by atoms with Gasteiger partial charge in [-0.1, -0.05) is 6.92 Å². The number of carbonyl (C=O) groups is 1. The van der Waals surface area contributed by atoms with Gasteiger partial charge in [0.2, 0.25) is 5.91 Å². The van der Waals surface area contributed by atoms with Gasteiger partial charge in [-0.3, -0.25) is 4.79 Å². The number of amides is 1. The third kappa shape index (κ3) is 2.30. The molecule has 4 fully saturated rings. The molecule has 0 radical (unpaired) electrons. The monoisotopic (exact) mass is 315 g/mol. The van der Waals surface area contributed by atoms with Gasteiger partial charge in [0.15, 0.2) is 11.5 Å². The summed E-state index contributed by atoms with van der Waals surface area (Å²) in [6, 6.07) is 4.80. The third-order valence-electron chi connectivity index (χ3n) is 6.25. The predicted molar refractivity (Wildman–Crippen MR) is 88.5 cm³/mol. The highest BCUT2D eigenvalue weighted by Gasteiger charge is 2.54. The van der Waals surface area contributed by atoms with Gasteiger partial charge in [0.25, 0.3) is 0 Å². The molecule has 0 saturated heterocycles. The molecule has 0 spiro atoms. The average Bonchev–Trinajstić information content (AvgIpc) is 2.49. The van der Waals surface area contributed by atoms with Crippen molar-refractivity contribution >= 4 is 11.6 Å². The number of phenolic OH excluding ortho intramolecular Hbond substituents is 2. The quantitative estimate of drug-likeness (QED) is 0.834. The van der Waals surface area contributed by atoms with Gasteiger partial charge in [0.1, 0.15) is 0 Å². The van der Waals surface area contributed by atoms with E-state index in [-0.39, 0.29) is 22.9 Å². The van der Waals surface area contributed by atoms with Crippen LogP contribution in [0.25, 0.3) is 0 Å². The molecular weight excluding hydrogens is 290 g/mol. The maximum absolute atomic E-state index is 12.8. The first-order chi connectivity index (χ1) is 11.0. The Kier molecular flexibility index (Phi) is 3.33. The minimum atomic E-state index is -0.152. The van der Waals surface area contributed by atoms with Crippen molar-refractivity contribution in [2.24, 2.45) is 17.8 Å². The van der Waals surface area contributed by atoms with E-state index in [0.29, 0.717) is 6.42 Å². The van der Waals surface area contributed by atoms with Crippen molar-refractivity contribution in [1.82, 2.24) is 0 Å². The second kappa shape index (κ2) is 5.15. The Morgan fingerprint density at radius 3 is 2.13 bits per heavy atom. The summed E-state index contributed by atoms with van der Waals surface area (Å²) >= 11 is 0. The maximum Gasteiger partial charge on any atom is 0.227 e. The Morgan fingerprint density at radius 2 is 1.65 bits per heavy atom. The smallest absolute Gasteiger partial charge is 0.227 e. The van der Waals surface area contributed by atoms with Crippen LogP contribution in [-0.2, 0) is 4.79 Å². The largest absolute Gasteiger partial charge is 0.504 e. The second-order valence-electron chi connectivity index (χ2n) is 7.90. The highest BCUT2D eigenvalue weighted by Crippen LogP contribution is 2.58. The van der Waals surface area contributed by atoms with Crippen LogP contribution in [0.1, 0.15) is 51.9 Å². The number of anilines is 1. The zero-order valence-electron chi connectivity index (χ0n) is 13.7. The first-order valence-electron chi connectivity index (χ1n) is 8.86. The van der Waals surface area contributed by atoms with E-state index in [2.05, 4.69) is 0 Å². The van der Waals surface area contributed by atoms with E-state index >= 15 is 0 Å². The van der Waals surface area contributed by atoms with Crippen LogP contribution in [0.2, 0.25) is 0 Å². The Balaban J connectivity index is 1.77. The number of carbonyl (C=O) groups excluding carboxylic acids is 1. The fourth-order valence-corrected chi connectivity index (χ4v) is 5.83. The normalized spacial score (nSPS) is 34.6. The summed E-state index contributed by atoms with van der Waals surface area (Å²) in [5, 5.41) is 19.5. The molecule has 1 aromatic carbocycles. The molecule has 23 heavy (non-hydrogen) atoms. The van der Waals surface area contributed by atoms with E-state index in [4.69, 9.17) is 0 Å². The van der Waals surface area contributed by atoms with E-state index in [0.717, 1.165) is 42.7 Å². The molecule has 0 atom stereocenters. The average molecular weight is 315 g/mol. The topological polar surface area (TPSA) is 60.8 Å². The van der Waals surface area contributed by atoms with Gasteiger partial charge < -0.3 is 15.1 Å². The number of benzene rings is 1. The molecule has 2 N–H and O–H groups in total. The summed E-state index contributed by atoms with van der Waals surface area (Å²) in [5.41, 5.74) is 0.653. The van der Waals surface area contributed by atoms with Crippen LogP contribution in [-0.4, -0.2) is 21.7 Å². The lowest BCUT2D eigenvalue weighted by atomic mass is 9.52. The van der Waals surface area contributed by atoms with Crippen molar-refractivity contribution in [3.8, 4) is 11.5 Å². The lowest BCUT2D eigenvalue weighted by molar-refractivity contribution is -0.122. The van der Waals surface area contributed by atoms with E-state index in [9.17, 15) is 15.0 Å². The number of hydrogen-bond donors (Lipinski definition) is 2. The van der Waals surface area contributed by atoms with E-state index < -0.39 is 0 Å². The number of rotatable bonds is 3. The molecule has 4 nitrogen and oxygen atoms in total. The summed E-state index contributed by atoms with van der Waals surface area (Å²) in [4.78, 5) is 14.8. The van der Waals surface area contributed by atoms with Gasteiger partial charge >= 0.3 is 0 Å². The molecular formula is C19H25NO3. The summed E-state index contributed by atoms with van der Waals surface area (Å²) < 4.78 is 0. The molecule has 4 aliphatic carbocycles. The van der Waals surface area contributed by atoms with Crippen molar-refractivity contribution in [2.45, 2.75) is 57.4 Å². The van der Waals surface area contributed by atoms with Crippen LogP contribution in [0.15, 0.2) is 18.2 Å². The molecule has 1 amide bonds. The van der Waals surface area contributed by atoms with Crippen LogP contribution in [0, 0.1) is 17.8 Å². The van der Waals surface area contributed by atoms with Gasteiger partial charge in [-0.25, -0.2) is 0 Å². The number of aromatic hydroxyl groups is 2. The third-order valence-corrected chi connectivity index (χ3v) is 6.25. The van der Waals surface area contributed by atoms with E-state index in [1.165, 1.54) is 25.3 Å². The van der Waals surface area contributed by atoms with E-state index in [1.54, 1.807) is 12.1 Å². The molecule has 124 valence electrons.